The molecule has 3 saturated heterocycles. The molecule has 1 atom stereocenters. The standard InChI is InChI=1S/C33H41ClN8O4/c1-38-14-16-39(17-15-38)24-6-10-40(11-7-24)31(43)29(20-22-18-23-21-35-37-30(23)26(34)19-22)46-33(45)41-12-8-25(9-13-41)42-28-5-3-2-4-27(28)36-32(42)44/h2-5,18-19,21,24-25,29H,6-17,20H2,1H3,(H,35,37)(H,36,44)/t29-/m1/s1. The van der Waals surface area contributed by atoms with Crippen molar-refractivity contribution in [2.75, 3.05) is 59.4 Å². The Kier molecular flexibility index (Phi) is 8.76. The Hall–Kier alpha value is -3.87. The van der Waals surface area contributed by atoms with E-state index in [9.17, 15) is 14.4 Å². The number of piperidine rings is 2. The zero-order valence-electron chi connectivity index (χ0n) is 26.2. The van der Waals surface area contributed by atoms with Crippen LogP contribution in [-0.2, 0) is 16.0 Å². The summed E-state index contributed by atoms with van der Waals surface area (Å²) in [4.78, 5) is 51.7. The molecule has 46 heavy (non-hydrogen) atoms. The number of halogens is 1. The molecule has 13 heteroatoms. The molecular weight excluding hydrogens is 608 g/mol. The highest BCUT2D eigenvalue weighted by molar-refractivity contribution is 6.35. The summed E-state index contributed by atoms with van der Waals surface area (Å²) in [5.41, 5.74) is 3.06. The van der Waals surface area contributed by atoms with Crippen molar-refractivity contribution in [3.8, 4) is 0 Å². The minimum absolute atomic E-state index is 0.0319. The van der Waals surface area contributed by atoms with E-state index >= 15 is 0 Å². The number of hydrogen-bond acceptors (Lipinski definition) is 7. The molecule has 3 fully saturated rings. The van der Waals surface area contributed by atoms with Crippen LogP contribution in [0.4, 0.5) is 4.79 Å². The average Bonchev–Trinajstić information content (AvgIpc) is 3.68. The molecule has 2 aromatic carbocycles. The van der Waals surface area contributed by atoms with E-state index in [1.165, 1.54) is 0 Å². The van der Waals surface area contributed by atoms with E-state index in [0.29, 0.717) is 50.1 Å². The van der Waals surface area contributed by atoms with Crippen LogP contribution in [0, 0.1) is 0 Å². The fourth-order valence-electron chi connectivity index (χ4n) is 7.37. The summed E-state index contributed by atoms with van der Waals surface area (Å²) < 4.78 is 7.85. The quantitative estimate of drug-likeness (QED) is 0.328. The molecular formula is C33H41ClN8O4. The number of likely N-dealkylation sites (tertiary alicyclic amines) is 2. The third-order valence-electron chi connectivity index (χ3n) is 10.0. The van der Waals surface area contributed by atoms with Gasteiger partial charge in [0.2, 0.25) is 0 Å². The molecule has 0 bridgehead atoms. The van der Waals surface area contributed by atoms with Gasteiger partial charge in [0.1, 0.15) is 0 Å². The summed E-state index contributed by atoms with van der Waals surface area (Å²) in [7, 11) is 2.16. The lowest BCUT2D eigenvalue weighted by Gasteiger charge is -2.42. The second kappa shape index (κ2) is 13.1. The molecule has 2 N–H and O–H groups in total. The van der Waals surface area contributed by atoms with Crippen molar-refractivity contribution in [2.45, 2.75) is 50.3 Å². The smallest absolute Gasteiger partial charge is 0.410 e. The fourth-order valence-corrected chi connectivity index (χ4v) is 7.66. The van der Waals surface area contributed by atoms with Gasteiger partial charge in [-0.25, -0.2) is 9.59 Å². The van der Waals surface area contributed by atoms with E-state index in [1.54, 1.807) is 21.7 Å². The lowest BCUT2D eigenvalue weighted by molar-refractivity contribution is -0.142. The molecule has 0 unspecified atom stereocenters. The van der Waals surface area contributed by atoms with Gasteiger partial charge in [0.05, 0.1) is 27.8 Å². The van der Waals surface area contributed by atoms with Gasteiger partial charge in [-0.1, -0.05) is 23.7 Å². The molecule has 12 nitrogen and oxygen atoms in total. The second-order valence-electron chi connectivity index (χ2n) is 12.9. The van der Waals surface area contributed by atoms with Crippen LogP contribution in [0.3, 0.4) is 0 Å². The van der Waals surface area contributed by atoms with Crippen LogP contribution in [0.25, 0.3) is 21.9 Å². The third-order valence-corrected chi connectivity index (χ3v) is 10.3. The second-order valence-corrected chi connectivity index (χ2v) is 13.3. The SMILES string of the molecule is CN1CCN(C2CCN(C(=O)[C@@H](Cc3cc(Cl)c4[nH]ncc4c3)OC(=O)N3CCC(n4c(=O)[nH]c5ccccc54)CC3)CC2)CC1. The zero-order valence-corrected chi connectivity index (χ0v) is 26.9. The first kappa shape index (κ1) is 30.8. The van der Waals surface area contributed by atoms with Crippen molar-refractivity contribution in [3.63, 3.8) is 0 Å². The van der Waals surface area contributed by atoms with E-state index in [1.807, 2.05) is 35.2 Å². The largest absolute Gasteiger partial charge is 0.436 e. The van der Waals surface area contributed by atoms with Gasteiger partial charge in [0.25, 0.3) is 5.91 Å². The Bertz CT molecular complexity index is 1760. The number of H-pyrrole nitrogens is 2. The molecule has 0 saturated carbocycles. The molecule has 4 aromatic rings. The first-order chi connectivity index (χ1) is 22.3. The summed E-state index contributed by atoms with van der Waals surface area (Å²) in [6.07, 6.45) is 3.45. The predicted octanol–water partition coefficient (Wildman–Crippen LogP) is 3.48. The highest BCUT2D eigenvalue weighted by Crippen LogP contribution is 2.28. The van der Waals surface area contributed by atoms with Gasteiger partial charge in [-0.2, -0.15) is 5.10 Å². The van der Waals surface area contributed by atoms with Gasteiger partial charge < -0.3 is 24.4 Å². The maximum atomic E-state index is 14.0. The first-order valence-electron chi connectivity index (χ1n) is 16.3. The Labute approximate surface area is 272 Å². The molecule has 3 aliphatic heterocycles. The van der Waals surface area contributed by atoms with E-state index in [0.717, 1.165) is 66.5 Å². The van der Waals surface area contributed by atoms with Crippen molar-refractivity contribution in [3.05, 3.63) is 63.7 Å². The maximum absolute atomic E-state index is 14.0. The fraction of sp³-hybridized carbons (Fsp3) is 0.515. The van der Waals surface area contributed by atoms with Crippen LogP contribution in [0.1, 0.15) is 37.3 Å². The number of aromatic amines is 2. The number of hydrogen-bond donors (Lipinski definition) is 2. The number of para-hydroxylation sites is 2. The number of ether oxygens (including phenoxy) is 1. The summed E-state index contributed by atoms with van der Waals surface area (Å²) >= 11 is 6.53. The van der Waals surface area contributed by atoms with Crippen molar-refractivity contribution in [1.82, 2.24) is 39.3 Å². The summed E-state index contributed by atoms with van der Waals surface area (Å²) in [5, 5.41) is 8.33. The van der Waals surface area contributed by atoms with E-state index < -0.39 is 12.2 Å². The maximum Gasteiger partial charge on any atom is 0.410 e. The topological polar surface area (TPSA) is 123 Å². The van der Waals surface area contributed by atoms with Crippen molar-refractivity contribution in [2.24, 2.45) is 0 Å². The summed E-state index contributed by atoms with van der Waals surface area (Å²) in [5.74, 6) is -0.172. The van der Waals surface area contributed by atoms with E-state index in [-0.39, 0.29) is 24.1 Å². The Morgan fingerprint density at radius 1 is 0.957 bits per heavy atom. The number of piperazine rings is 1. The van der Waals surface area contributed by atoms with Crippen molar-refractivity contribution in [1.29, 1.82) is 0 Å². The Morgan fingerprint density at radius 3 is 2.41 bits per heavy atom. The molecule has 5 heterocycles. The Morgan fingerprint density at radius 2 is 1.65 bits per heavy atom. The monoisotopic (exact) mass is 648 g/mol. The van der Waals surface area contributed by atoms with Gasteiger partial charge in [-0.15, -0.1) is 0 Å². The van der Waals surface area contributed by atoms with Crippen molar-refractivity contribution >= 4 is 45.5 Å². The Balaban J connectivity index is 1.03. The molecule has 7 rings (SSSR count). The van der Waals surface area contributed by atoms with Crippen LogP contribution in [0.15, 0.2) is 47.4 Å². The number of nitrogens with one attached hydrogen (secondary N) is 2. The number of amides is 2. The number of likely N-dealkylation sites (N-methyl/N-ethyl adjacent to an activating group) is 1. The number of rotatable bonds is 6. The number of nitrogens with zero attached hydrogens (tertiary/aromatic N) is 6. The average molecular weight is 649 g/mol. The number of aromatic nitrogens is 4. The summed E-state index contributed by atoms with van der Waals surface area (Å²) in [6, 6.07) is 11.8. The lowest BCUT2D eigenvalue weighted by Crippen LogP contribution is -2.54. The number of imidazole rings is 1. The molecule has 244 valence electrons. The molecule has 0 spiro atoms. The van der Waals surface area contributed by atoms with Crippen molar-refractivity contribution < 1.29 is 14.3 Å². The van der Waals surface area contributed by atoms with Crippen LogP contribution >= 0.6 is 11.6 Å². The van der Waals surface area contributed by atoms with Crippen LogP contribution in [0.2, 0.25) is 5.02 Å². The number of carbonyl (C=O) groups is 2. The number of fused-ring (bicyclic) bond motifs is 2. The molecule has 0 aliphatic carbocycles. The predicted molar refractivity (Wildman–Crippen MR) is 176 cm³/mol. The summed E-state index contributed by atoms with van der Waals surface area (Å²) in [6.45, 7) is 6.37. The third kappa shape index (κ3) is 6.25. The van der Waals surface area contributed by atoms with Gasteiger partial charge in [0.15, 0.2) is 6.10 Å². The molecule has 3 aliphatic rings. The van der Waals surface area contributed by atoms with E-state index in [2.05, 4.69) is 32.0 Å². The minimum atomic E-state index is -0.984. The molecule has 2 aromatic heterocycles. The van der Waals surface area contributed by atoms with Gasteiger partial charge in [-0.05, 0) is 62.6 Å². The number of carbonyl (C=O) groups excluding carboxylic acids is 2. The van der Waals surface area contributed by atoms with Gasteiger partial charge in [0, 0.05) is 76.2 Å². The normalized spacial score (nSPS) is 20.0. The highest BCUT2D eigenvalue weighted by Gasteiger charge is 2.35. The number of benzene rings is 2. The zero-order chi connectivity index (χ0) is 31.8. The minimum Gasteiger partial charge on any atom is -0.436 e. The first-order valence-corrected chi connectivity index (χ1v) is 16.7. The van der Waals surface area contributed by atoms with Crippen LogP contribution < -0.4 is 5.69 Å². The molecule has 0 radical (unpaired) electrons. The van der Waals surface area contributed by atoms with Crippen LogP contribution in [0.5, 0.6) is 0 Å². The van der Waals surface area contributed by atoms with Gasteiger partial charge in [-0.3, -0.25) is 19.4 Å². The van der Waals surface area contributed by atoms with Gasteiger partial charge >= 0.3 is 11.8 Å². The molecule has 2 amide bonds. The lowest BCUT2D eigenvalue weighted by atomic mass is 10.00. The highest BCUT2D eigenvalue weighted by atomic mass is 35.5. The van der Waals surface area contributed by atoms with Crippen LogP contribution in [-0.4, -0.2) is 123 Å². The van der Waals surface area contributed by atoms with E-state index in [4.69, 9.17) is 16.3 Å².